The number of carbonyl (C=O) groups excluding carboxylic acids is 1. The van der Waals surface area contributed by atoms with Crippen LogP contribution in [0.4, 0.5) is 0 Å². The van der Waals surface area contributed by atoms with Gasteiger partial charge in [0.05, 0.1) is 16.8 Å². The monoisotopic (exact) mass is 329 g/mol. The van der Waals surface area contributed by atoms with Crippen LogP contribution in [0.3, 0.4) is 0 Å². The first-order valence-corrected chi connectivity index (χ1v) is 8.15. The van der Waals surface area contributed by atoms with Gasteiger partial charge in [0.2, 0.25) is 0 Å². The van der Waals surface area contributed by atoms with E-state index in [1.165, 1.54) is 17.3 Å². The molecular weight excluding hydrogens is 314 g/mol. The zero-order chi connectivity index (χ0) is 15.7. The second-order valence-electron chi connectivity index (χ2n) is 5.32. The van der Waals surface area contributed by atoms with Gasteiger partial charge in [0.15, 0.2) is 0 Å². The third-order valence-electron chi connectivity index (χ3n) is 3.37. The summed E-state index contributed by atoms with van der Waals surface area (Å²) in [7, 11) is 0. The summed E-state index contributed by atoms with van der Waals surface area (Å²) in [5.41, 5.74) is 3.16. The first-order chi connectivity index (χ1) is 10.5. The molecule has 4 nitrogen and oxygen atoms in total. The Labute approximate surface area is 138 Å². The van der Waals surface area contributed by atoms with Gasteiger partial charge in [0.25, 0.3) is 5.91 Å². The Bertz CT molecular complexity index is 760. The molecule has 1 N–H and O–H groups in total. The Kier molecular flexibility index (Phi) is 4.13. The van der Waals surface area contributed by atoms with Crippen molar-refractivity contribution in [1.82, 2.24) is 15.1 Å². The van der Waals surface area contributed by atoms with Gasteiger partial charge in [-0.15, -0.1) is 0 Å². The Morgan fingerprint density at radius 3 is 2.64 bits per heavy atom. The molecule has 1 aromatic heterocycles. The van der Waals surface area contributed by atoms with E-state index in [0.29, 0.717) is 15.1 Å². The normalized spacial score (nSPS) is 16.6. The van der Waals surface area contributed by atoms with E-state index >= 15 is 0 Å². The average molecular weight is 329 g/mol. The predicted molar refractivity (Wildman–Crippen MR) is 94.0 cm³/mol. The number of nitrogens with zero attached hydrogens (tertiary/aromatic N) is 2. The van der Waals surface area contributed by atoms with E-state index in [2.05, 4.69) is 36.4 Å². The smallest absolute Gasteiger partial charge is 0.263 e. The largest absolute Gasteiger partial charge is 0.307 e. The quantitative estimate of drug-likeness (QED) is 0.692. The lowest BCUT2D eigenvalue weighted by atomic mass is 10.0. The van der Waals surface area contributed by atoms with Gasteiger partial charge in [-0.2, -0.15) is 5.10 Å². The summed E-state index contributed by atoms with van der Waals surface area (Å²) in [6.07, 6.45) is 5.43. The molecule has 3 rings (SSSR count). The summed E-state index contributed by atoms with van der Waals surface area (Å²) >= 11 is 6.25. The standard InChI is InChI=1S/C16H15N3OS2/c1-10(2)12-3-5-13(6-4-12)19-9-11(8-17-19)7-14-15(20)18-16(21)22-14/h3-10H,1-2H3,(H,18,20,21)/b14-7-. The van der Waals surface area contributed by atoms with Crippen LogP contribution >= 0.6 is 24.0 Å². The van der Waals surface area contributed by atoms with Crippen molar-refractivity contribution in [3.63, 3.8) is 0 Å². The molecular formula is C16H15N3OS2. The van der Waals surface area contributed by atoms with Crippen molar-refractivity contribution in [1.29, 1.82) is 0 Å². The van der Waals surface area contributed by atoms with Crippen LogP contribution in [0.25, 0.3) is 11.8 Å². The van der Waals surface area contributed by atoms with Crippen molar-refractivity contribution in [3.8, 4) is 5.69 Å². The highest BCUT2D eigenvalue weighted by atomic mass is 32.2. The molecule has 0 radical (unpaired) electrons. The molecule has 1 aliphatic heterocycles. The number of amides is 1. The summed E-state index contributed by atoms with van der Waals surface area (Å²) in [4.78, 5) is 12.2. The molecule has 1 aromatic carbocycles. The number of hydrogen-bond donors (Lipinski definition) is 1. The third kappa shape index (κ3) is 3.13. The van der Waals surface area contributed by atoms with E-state index < -0.39 is 0 Å². The zero-order valence-corrected chi connectivity index (χ0v) is 13.9. The minimum Gasteiger partial charge on any atom is -0.307 e. The van der Waals surface area contributed by atoms with Crippen molar-refractivity contribution in [2.45, 2.75) is 19.8 Å². The maximum atomic E-state index is 11.7. The molecule has 0 atom stereocenters. The van der Waals surface area contributed by atoms with Gasteiger partial charge in [0.1, 0.15) is 4.32 Å². The lowest BCUT2D eigenvalue weighted by Crippen LogP contribution is -2.17. The lowest BCUT2D eigenvalue weighted by Gasteiger charge is -2.06. The van der Waals surface area contributed by atoms with Crippen LogP contribution in [-0.2, 0) is 4.79 Å². The van der Waals surface area contributed by atoms with Crippen molar-refractivity contribution in [2.75, 3.05) is 0 Å². The summed E-state index contributed by atoms with van der Waals surface area (Å²) < 4.78 is 2.29. The molecule has 2 heterocycles. The molecule has 6 heteroatoms. The molecule has 1 saturated heterocycles. The molecule has 0 spiro atoms. The van der Waals surface area contributed by atoms with Gasteiger partial charge in [-0.25, -0.2) is 4.68 Å². The fraction of sp³-hybridized carbons (Fsp3) is 0.188. The van der Waals surface area contributed by atoms with Gasteiger partial charge < -0.3 is 5.32 Å². The van der Waals surface area contributed by atoms with Gasteiger partial charge in [-0.1, -0.05) is 50.0 Å². The van der Waals surface area contributed by atoms with Crippen LogP contribution in [0.1, 0.15) is 30.9 Å². The van der Waals surface area contributed by atoms with Gasteiger partial charge in [0, 0.05) is 11.8 Å². The average Bonchev–Trinajstić information content (AvgIpc) is 3.06. The minimum absolute atomic E-state index is 0.149. The highest BCUT2D eigenvalue weighted by molar-refractivity contribution is 8.26. The fourth-order valence-corrected chi connectivity index (χ4v) is 3.18. The molecule has 1 amide bonds. The molecule has 2 aromatic rings. The number of carbonyl (C=O) groups is 1. The Morgan fingerprint density at radius 1 is 1.32 bits per heavy atom. The van der Waals surface area contributed by atoms with Crippen molar-refractivity contribution < 1.29 is 4.79 Å². The minimum atomic E-state index is -0.149. The number of nitrogens with one attached hydrogen (secondary N) is 1. The summed E-state index contributed by atoms with van der Waals surface area (Å²) in [5, 5.41) is 6.95. The maximum absolute atomic E-state index is 11.7. The fourth-order valence-electron chi connectivity index (χ4n) is 2.14. The first kappa shape index (κ1) is 15.0. The second kappa shape index (κ2) is 6.06. The van der Waals surface area contributed by atoms with Crippen molar-refractivity contribution >= 4 is 40.3 Å². The summed E-state index contributed by atoms with van der Waals surface area (Å²) in [6.45, 7) is 4.34. The van der Waals surface area contributed by atoms with Crippen LogP contribution in [-0.4, -0.2) is 20.0 Å². The van der Waals surface area contributed by atoms with Gasteiger partial charge in [-0.3, -0.25) is 4.79 Å². The van der Waals surface area contributed by atoms with Gasteiger partial charge in [-0.05, 0) is 29.7 Å². The molecule has 0 saturated carbocycles. The van der Waals surface area contributed by atoms with Crippen LogP contribution in [0.5, 0.6) is 0 Å². The number of hydrogen-bond acceptors (Lipinski definition) is 4. The topological polar surface area (TPSA) is 46.9 Å². The second-order valence-corrected chi connectivity index (χ2v) is 7.04. The van der Waals surface area contributed by atoms with Crippen LogP contribution in [0.2, 0.25) is 0 Å². The predicted octanol–water partition coefficient (Wildman–Crippen LogP) is 3.48. The number of thiocarbonyl (C=S) groups is 1. The van der Waals surface area contributed by atoms with E-state index in [0.717, 1.165) is 11.3 Å². The highest BCUT2D eigenvalue weighted by Crippen LogP contribution is 2.26. The van der Waals surface area contributed by atoms with Crippen LogP contribution in [0.15, 0.2) is 41.6 Å². The number of thioether (sulfide) groups is 1. The van der Waals surface area contributed by atoms with E-state index in [1.54, 1.807) is 17.0 Å². The maximum Gasteiger partial charge on any atom is 0.263 e. The molecule has 1 fully saturated rings. The van der Waals surface area contributed by atoms with E-state index in [-0.39, 0.29) is 5.91 Å². The van der Waals surface area contributed by atoms with Gasteiger partial charge >= 0.3 is 0 Å². The summed E-state index contributed by atoms with van der Waals surface area (Å²) in [5.74, 6) is 0.359. The molecule has 0 aliphatic carbocycles. The number of benzene rings is 1. The van der Waals surface area contributed by atoms with E-state index in [9.17, 15) is 4.79 Å². The van der Waals surface area contributed by atoms with Crippen LogP contribution < -0.4 is 5.32 Å². The zero-order valence-electron chi connectivity index (χ0n) is 12.2. The molecule has 112 valence electrons. The van der Waals surface area contributed by atoms with Crippen LogP contribution in [0, 0.1) is 0 Å². The molecule has 0 unspecified atom stereocenters. The van der Waals surface area contributed by atoms with Crippen molar-refractivity contribution in [2.24, 2.45) is 0 Å². The Hall–Kier alpha value is -1.92. The molecule has 1 aliphatic rings. The Morgan fingerprint density at radius 2 is 2.05 bits per heavy atom. The summed E-state index contributed by atoms with van der Waals surface area (Å²) in [6, 6.07) is 8.31. The number of rotatable bonds is 3. The highest BCUT2D eigenvalue weighted by Gasteiger charge is 2.22. The lowest BCUT2D eigenvalue weighted by molar-refractivity contribution is -0.115. The van der Waals surface area contributed by atoms with E-state index in [4.69, 9.17) is 12.2 Å². The third-order valence-corrected chi connectivity index (χ3v) is 4.53. The first-order valence-electron chi connectivity index (χ1n) is 6.93. The Balaban J connectivity index is 1.83. The van der Waals surface area contributed by atoms with Crippen molar-refractivity contribution in [3.05, 3.63) is 52.7 Å². The SMILES string of the molecule is CC(C)c1ccc(-n2cc(/C=C3\SC(=S)NC3=O)cn2)cc1. The van der Waals surface area contributed by atoms with E-state index in [1.807, 2.05) is 18.3 Å². The number of aromatic nitrogens is 2. The molecule has 0 bridgehead atoms. The molecule has 22 heavy (non-hydrogen) atoms.